The number of para-hydroxylation sites is 1. The number of amides is 1. The maximum atomic E-state index is 14.1. The Hall–Kier alpha value is -3.06. The number of halogens is 1. The van der Waals surface area contributed by atoms with E-state index in [2.05, 4.69) is 10.1 Å². The average Bonchev–Trinajstić information content (AvgIpc) is 3.34. The molecule has 4 rings (SSSR count). The lowest BCUT2D eigenvalue weighted by Crippen LogP contribution is -2.30. The molecule has 2 aromatic carbocycles. The highest BCUT2D eigenvalue weighted by Crippen LogP contribution is 2.32. The second kappa shape index (κ2) is 7.52. The summed E-state index contributed by atoms with van der Waals surface area (Å²) >= 11 is 1.29. The van der Waals surface area contributed by atoms with Gasteiger partial charge in [-0.15, -0.1) is 0 Å². The molecule has 4 aromatic rings. The molecule has 0 spiro atoms. The number of anilines is 1. The third-order valence-electron chi connectivity index (χ3n) is 4.37. The first-order valence-corrected chi connectivity index (χ1v) is 9.80. The first-order chi connectivity index (χ1) is 13.5. The van der Waals surface area contributed by atoms with Crippen molar-refractivity contribution in [1.82, 2.24) is 14.8 Å². The largest absolute Gasteiger partial charge is 0.280 e. The topological polar surface area (TPSA) is 51.0 Å². The van der Waals surface area contributed by atoms with Gasteiger partial charge in [0.25, 0.3) is 5.91 Å². The zero-order valence-electron chi connectivity index (χ0n) is 15.5. The van der Waals surface area contributed by atoms with Crippen molar-refractivity contribution in [3.63, 3.8) is 0 Å². The molecule has 0 aliphatic carbocycles. The van der Waals surface area contributed by atoms with E-state index in [4.69, 9.17) is 0 Å². The smallest absolute Gasteiger partial charge is 0.278 e. The summed E-state index contributed by atoms with van der Waals surface area (Å²) in [6, 6.07) is 16.3. The van der Waals surface area contributed by atoms with Gasteiger partial charge in [0, 0.05) is 12.2 Å². The Labute approximate surface area is 166 Å². The van der Waals surface area contributed by atoms with E-state index in [1.807, 2.05) is 44.2 Å². The van der Waals surface area contributed by atoms with Crippen LogP contribution in [0.5, 0.6) is 0 Å². The standard InChI is InChI=1S/C21H19FN4OS/c1-14(2)26-12-11-17(24-26)20(27)25(13-15-7-4-3-5-8-15)21-23-19-16(22)9-6-10-18(19)28-21/h3-12,14H,13H2,1-2H3. The van der Waals surface area contributed by atoms with Crippen LogP contribution in [-0.4, -0.2) is 20.7 Å². The van der Waals surface area contributed by atoms with Gasteiger partial charge in [0.1, 0.15) is 11.3 Å². The molecule has 7 heteroatoms. The maximum Gasteiger partial charge on any atom is 0.280 e. The molecule has 0 atom stereocenters. The lowest BCUT2D eigenvalue weighted by atomic mass is 10.2. The van der Waals surface area contributed by atoms with E-state index in [0.717, 1.165) is 5.56 Å². The van der Waals surface area contributed by atoms with E-state index in [9.17, 15) is 9.18 Å². The number of aromatic nitrogens is 3. The molecule has 0 saturated carbocycles. The molecular formula is C21H19FN4OS. The molecule has 0 radical (unpaired) electrons. The van der Waals surface area contributed by atoms with Gasteiger partial charge in [-0.2, -0.15) is 5.10 Å². The number of hydrogen-bond acceptors (Lipinski definition) is 4. The summed E-state index contributed by atoms with van der Waals surface area (Å²) in [7, 11) is 0. The van der Waals surface area contributed by atoms with Crippen LogP contribution in [0, 0.1) is 5.82 Å². The van der Waals surface area contributed by atoms with Gasteiger partial charge in [-0.1, -0.05) is 47.7 Å². The summed E-state index contributed by atoms with van der Waals surface area (Å²) in [4.78, 5) is 19.2. The normalized spacial score (nSPS) is 11.3. The summed E-state index contributed by atoms with van der Waals surface area (Å²) in [6.45, 7) is 4.33. The third-order valence-corrected chi connectivity index (χ3v) is 5.42. The number of benzene rings is 2. The fraction of sp³-hybridized carbons (Fsp3) is 0.190. The predicted molar refractivity (Wildman–Crippen MR) is 109 cm³/mol. The van der Waals surface area contributed by atoms with Crippen LogP contribution in [0.2, 0.25) is 0 Å². The quantitative estimate of drug-likeness (QED) is 0.475. The highest BCUT2D eigenvalue weighted by Gasteiger charge is 2.24. The second-order valence-corrected chi connectivity index (χ2v) is 7.74. The molecule has 0 aliphatic rings. The van der Waals surface area contributed by atoms with Crippen LogP contribution in [0.4, 0.5) is 9.52 Å². The van der Waals surface area contributed by atoms with Crippen LogP contribution in [-0.2, 0) is 6.54 Å². The number of carbonyl (C=O) groups excluding carboxylic acids is 1. The predicted octanol–water partition coefficient (Wildman–Crippen LogP) is 5.06. The van der Waals surface area contributed by atoms with Crippen LogP contribution >= 0.6 is 11.3 Å². The third kappa shape index (κ3) is 3.53. The lowest BCUT2D eigenvalue weighted by Gasteiger charge is -2.19. The van der Waals surface area contributed by atoms with E-state index < -0.39 is 5.82 Å². The Morgan fingerprint density at radius 2 is 1.93 bits per heavy atom. The molecule has 0 bridgehead atoms. The molecule has 0 N–H and O–H groups in total. The van der Waals surface area contributed by atoms with Crippen LogP contribution in [0.3, 0.4) is 0 Å². The molecule has 0 saturated heterocycles. The summed E-state index contributed by atoms with van der Waals surface area (Å²) < 4.78 is 16.6. The van der Waals surface area contributed by atoms with Gasteiger partial charge >= 0.3 is 0 Å². The van der Waals surface area contributed by atoms with Crippen molar-refractivity contribution in [2.45, 2.75) is 26.4 Å². The summed E-state index contributed by atoms with van der Waals surface area (Å²) in [5.41, 5.74) is 1.57. The monoisotopic (exact) mass is 394 g/mol. The van der Waals surface area contributed by atoms with Gasteiger partial charge < -0.3 is 0 Å². The van der Waals surface area contributed by atoms with Gasteiger partial charge in [-0.3, -0.25) is 14.4 Å². The van der Waals surface area contributed by atoms with Gasteiger partial charge in [0.15, 0.2) is 10.8 Å². The van der Waals surface area contributed by atoms with Crippen LogP contribution in [0.15, 0.2) is 60.8 Å². The second-order valence-electron chi connectivity index (χ2n) is 6.73. The lowest BCUT2D eigenvalue weighted by molar-refractivity contribution is 0.0979. The van der Waals surface area contributed by atoms with E-state index in [1.54, 1.807) is 34.0 Å². The van der Waals surface area contributed by atoms with E-state index in [-0.39, 0.29) is 17.5 Å². The number of nitrogens with zero attached hydrogens (tertiary/aromatic N) is 4. The van der Waals surface area contributed by atoms with Crippen molar-refractivity contribution in [3.05, 3.63) is 77.9 Å². The summed E-state index contributed by atoms with van der Waals surface area (Å²) in [5, 5.41) is 4.85. The molecule has 0 fully saturated rings. The van der Waals surface area contributed by atoms with E-state index in [0.29, 0.717) is 22.1 Å². The minimum Gasteiger partial charge on any atom is -0.278 e. The molecule has 28 heavy (non-hydrogen) atoms. The summed E-state index contributed by atoms with van der Waals surface area (Å²) in [5.74, 6) is -0.654. The zero-order chi connectivity index (χ0) is 19.7. The van der Waals surface area contributed by atoms with Gasteiger partial charge in [-0.25, -0.2) is 9.37 Å². The molecule has 0 aliphatic heterocycles. The van der Waals surface area contributed by atoms with Gasteiger partial charge in [-0.05, 0) is 37.6 Å². The highest BCUT2D eigenvalue weighted by atomic mass is 32.1. The molecule has 1 amide bonds. The minimum atomic E-state index is -0.392. The van der Waals surface area contributed by atoms with Crippen molar-refractivity contribution in [2.24, 2.45) is 0 Å². The maximum absolute atomic E-state index is 14.1. The van der Waals surface area contributed by atoms with E-state index >= 15 is 0 Å². The number of thiazole rings is 1. The SMILES string of the molecule is CC(C)n1ccc(C(=O)N(Cc2ccccc2)c2nc3c(F)cccc3s2)n1. The first kappa shape index (κ1) is 18.3. The molecule has 5 nitrogen and oxygen atoms in total. The van der Waals surface area contributed by atoms with E-state index in [1.165, 1.54) is 17.4 Å². The Morgan fingerprint density at radius 1 is 1.14 bits per heavy atom. The fourth-order valence-electron chi connectivity index (χ4n) is 2.89. The Balaban J connectivity index is 1.76. The molecular weight excluding hydrogens is 375 g/mol. The fourth-order valence-corrected chi connectivity index (χ4v) is 3.87. The number of rotatable bonds is 5. The Morgan fingerprint density at radius 3 is 2.61 bits per heavy atom. The highest BCUT2D eigenvalue weighted by molar-refractivity contribution is 7.22. The van der Waals surface area contributed by atoms with Gasteiger partial charge in [0.2, 0.25) is 0 Å². The van der Waals surface area contributed by atoms with Crippen LogP contribution < -0.4 is 4.90 Å². The molecule has 142 valence electrons. The van der Waals surface area contributed by atoms with Crippen LogP contribution in [0.1, 0.15) is 35.9 Å². The van der Waals surface area contributed by atoms with Gasteiger partial charge in [0.05, 0.1) is 11.2 Å². The molecule has 2 heterocycles. The number of carbonyl (C=O) groups is 1. The van der Waals surface area contributed by atoms with Crippen molar-refractivity contribution < 1.29 is 9.18 Å². The Bertz CT molecular complexity index is 1120. The first-order valence-electron chi connectivity index (χ1n) is 8.99. The molecule has 0 unspecified atom stereocenters. The average molecular weight is 394 g/mol. The Kier molecular flexibility index (Phi) is 4.92. The zero-order valence-corrected chi connectivity index (χ0v) is 16.4. The van der Waals surface area contributed by atoms with Crippen molar-refractivity contribution in [3.8, 4) is 0 Å². The van der Waals surface area contributed by atoms with Crippen LogP contribution in [0.25, 0.3) is 10.2 Å². The van der Waals surface area contributed by atoms with Crippen molar-refractivity contribution >= 4 is 32.6 Å². The minimum absolute atomic E-state index is 0.153. The summed E-state index contributed by atoms with van der Waals surface area (Å²) in [6.07, 6.45) is 1.79. The van der Waals surface area contributed by atoms with Crippen molar-refractivity contribution in [2.75, 3.05) is 4.90 Å². The number of fused-ring (bicyclic) bond motifs is 1. The van der Waals surface area contributed by atoms with Crippen molar-refractivity contribution in [1.29, 1.82) is 0 Å². The molecule has 2 aromatic heterocycles. The number of hydrogen-bond donors (Lipinski definition) is 0.